The van der Waals surface area contributed by atoms with Crippen molar-refractivity contribution in [2.24, 2.45) is 0 Å². The van der Waals surface area contributed by atoms with E-state index in [1.807, 2.05) is 6.92 Å². The summed E-state index contributed by atoms with van der Waals surface area (Å²) in [5, 5.41) is 0.220. The number of nitrogens with zero attached hydrogens (tertiary/aromatic N) is 1. The molecule has 0 heterocycles. The van der Waals surface area contributed by atoms with Crippen LogP contribution < -0.4 is 4.72 Å². The molecule has 0 radical (unpaired) electrons. The third-order valence-electron chi connectivity index (χ3n) is 3.55. The average Bonchev–Trinajstić information content (AvgIpc) is 2.42. The highest BCUT2D eigenvalue weighted by Gasteiger charge is 2.20. The Morgan fingerprint density at radius 3 is 2.50 bits per heavy atom. The molecular formula is C15H24BrClN2O2S. The van der Waals surface area contributed by atoms with E-state index in [0.717, 1.165) is 36.9 Å². The minimum Gasteiger partial charge on any atom is -0.304 e. The van der Waals surface area contributed by atoms with Gasteiger partial charge in [0.25, 0.3) is 0 Å². The van der Waals surface area contributed by atoms with E-state index in [9.17, 15) is 8.42 Å². The third-order valence-corrected chi connectivity index (χ3v) is 6.11. The Kier molecular flexibility index (Phi) is 8.35. The molecule has 0 aliphatic rings. The van der Waals surface area contributed by atoms with Crippen molar-refractivity contribution in [3.8, 4) is 0 Å². The second-order valence-electron chi connectivity index (χ2n) is 5.27. The summed E-state index contributed by atoms with van der Waals surface area (Å²) in [6.07, 6.45) is 1.75. The largest absolute Gasteiger partial charge is 0.304 e. The van der Waals surface area contributed by atoms with Crippen LogP contribution in [-0.2, 0) is 10.0 Å². The molecule has 126 valence electrons. The summed E-state index contributed by atoms with van der Waals surface area (Å²) in [5.74, 6) is 0. The van der Waals surface area contributed by atoms with Gasteiger partial charge in [0.1, 0.15) is 4.90 Å². The lowest BCUT2D eigenvalue weighted by Gasteiger charge is -2.20. The molecule has 0 fully saturated rings. The molecule has 7 heteroatoms. The van der Waals surface area contributed by atoms with Crippen LogP contribution in [0.4, 0.5) is 0 Å². The van der Waals surface area contributed by atoms with Crippen LogP contribution in [0.5, 0.6) is 0 Å². The molecule has 0 aliphatic carbocycles. The minimum absolute atomic E-state index is 0.118. The molecule has 0 aromatic heterocycles. The number of nitrogens with one attached hydrogen (secondary N) is 1. The van der Waals surface area contributed by atoms with E-state index >= 15 is 0 Å². The Balaban J connectivity index is 2.60. The molecule has 0 saturated heterocycles. The topological polar surface area (TPSA) is 49.4 Å². The third kappa shape index (κ3) is 6.16. The molecule has 1 aromatic carbocycles. The highest BCUT2D eigenvalue weighted by molar-refractivity contribution is 9.10. The number of hydrogen-bond acceptors (Lipinski definition) is 3. The summed E-state index contributed by atoms with van der Waals surface area (Å²) in [7, 11) is -3.59. The van der Waals surface area contributed by atoms with Crippen molar-refractivity contribution < 1.29 is 8.42 Å². The molecule has 0 saturated carbocycles. The fourth-order valence-electron chi connectivity index (χ4n) is 2.24. The SMILES string of the molecule is CCN(CC)CCC[C@@H](C)NS(=O)(=O)c1ccc(Br)cc1Cl. The molecule has 0 bridgehead atoms. The quantitative estimate of drug-likeness (QED) is 0.670. The van der Waals surface area contributed by atoms with Gasteiger partial charge in [-0.25, -0.2) is 13.1 Å². The maximum absolute atomic E-state index is 12.4. The standard InChI is InChI=1S/C15H24BrClN2O2S/c1-4-19(5-2)10-6-7-12(3)18-22(20,21)15-9-8-13(16)11-14(15)17/h8-9,11-12,18H,4-7,10H2,1-3H3/t12-/m1/s1. The summed E-state index contributed by atoms with van der Waals surface area (Å²) in [5.41, 5.74) is 0. The van der Waals surface area contributed by atoms with E-state index in [1.54, 1.807) is 12.1 Å². The summed E-state index contributed by atoms with van der Waals surface area (Å²) in [6, 6.07) is 4.64. The monoisotopic (exact) mass is 410 g/mol. The predicted octanol–water partition coefficient (Wildman–Crippen LogP) is 3.89. The van der Waals surface area contributed by atoms with E-state index in [-0.39, 0.29) is 16.0 Å². The smallest absolute Gasteiger partial charge is 0.242 e. The van der Waals surface area contributed by atoms with Crippen LogP contribution in [0.25, 0.3) is 0 Å². The fraction of sp³-hybridized carbons (Fsp3) is 0.600. The van der Waals surface area contributed by atoms with Crippen LogP contribution in [0, 0.1) is 0 Å². The van der Waals surface area contributed by atoms with E-state index in [2.05, 4.69) is 39.4 Å². The molecule has 0 spiro atoms. The van der Waals surface area contributed by atoms with Gasteiger partial charge in [-0.15, -0.1) is 0 Å². The zero-order valence-electron chi connectivity index (χ0n) is 13.3. The van der Waals surface area contributed by atoms with Gasteiger partial charge in [0, 0.05) is 10.5 Å². The summed E-state index contributed by atoms with van der Waals surface area (Å²) in [4.78, 5) is 2.44. The zero-order valence-corrected chi connectivity index (χ0v) is 16.4. The molecular weight excluding hydrogens is 388 g/mol. The second kappa shape index (κ2) is 9.23. The lowest BCUT2D eigenvalue weighted by atomic mass is 10.2. The van der Waals surface area contributed by atoms with Crippen LogP contribution in [0.3, 0.4) is 0 Å². The van der Waals surface area contributed by atoms with Crippen LogP contribution >= 0.6 is 27.5 Å². The van der Waals surface area contributed by atoms with Gasteiger partial charge >= 0.3 is 0 Å². The Morgan fingerprint density at radius 1 is 1.32 bits per heavy atom. The first kappa shape index (κ1) is 19.9. The Bertz CT molecular complexity index is 577. The maximum atomic E-state index is 12.4. The van der Waals surface area contributed by atoms with Crippen molar-refractivity contribution in [2.75, 3.05) is 19.6 Å². The number of halogens is 2. The summed E-state index contributed by atoms with van der Waals surface area (Å²) >= 11 is 9.30. The summed E-state index contributed by atoms with van der Waals surface area (Å²) < 4.78 is 28.2. The van der Waals surface area contributed by atoms with Crippen molar-refractivity contribution in [1.29, 1.82) is 0 Å². The second-order valence-corrected chi connectivity index (χ2v) is 8.27. The Morgan fingerprint density at radius 2 is 1.95 bits per heavy atom. The van der Waals surface area contributed by atoms with Crippen LogP contribution in [-0.4, -0.2) is 39.0 Å². The number of hydrogen-bond donors (Lipinski definition) is 1. The maximum Gasteiger partial charge on any atom is 0.242 e. The van der Waals surface area contributed by atoms with E-state index in [0.29, 0.717) is 0 Å². The minimum atomic E-state index is -3.59. The van der Waals surface area contributed by atoms with Gasteiger partial charge in [-0.3, -0.25) is 0 Å². The van der Waals surface area contributed by atoms with E-state index in [1.165, 1.54) is 6.07 Å². The van der Waals surface area contributed by atoms with Gasteiger partial charge in [-0.2, -0.15) is 0 Å². The van der Waals surface area contributed by atoms with Crippen molar-refractivity contribution in [3.05, 3.63) is 27.7 Å². The molecule has 4 nitrogen and oxygen atoms in total. The van der Waals surface area contributed by atoms with Crippen LogP contribution in [0.2, 0.25) is 5.02 Å². The highest BCUT2D eigenvalue weighted by atomic mass is 79.9. The molecule has 0 unspecified atom stereocenters. The first-order valence-electron chi connectivity index (χ1n) is 7.49. The van der Waals surface area contributed by atoms with Gasteiger partial charge in [-0.05, 0) is 57.6 Å². The Hall–Kier alpha value is -0.140. The van der Waals surface area contributed by atoms with Crippen molar-refractivity contribution in [2.45, 2.75) is 44.6 Å². The van der Waals surface area contributed by atoms with Gasteiger partial charge in [-0.1, -0.05) is 41.4 Å². The molecule has 1 aromatic rings. The van der Waals surface area contributed by atoms with Gasteiger partial charge in [0.15, 0.2) is 0 Å². The lowest BCUT2D eigenvalue weighted by Crippen LogP contribution is -2.33. The highest BCUT2D eigenvalue weighted by Crippen LogP contribution is 2.25. The molecule has 0 amide bonds. The van der Waals surface area contributed by atoms with Crippen LogP contribution in [0.15, 0.2) is 27.6 Å². The zero-order chi connectivity index (χ0) is 16.8. The predicted molar refractivity (Wildman–Crippen MR) is 96.0 cm³/mol. The van der Waals surface area contributed by atoms with Crippen molar-refractivity contribution in [3.63, 3.8) is 0 Å². The van der Waals surface area contributed by atoms with E-state index in [4.69, 9.17) is 11.6 Å². The van der Waals surface area contributed by atoms with Gasteiger partial charge in [0.2, 0.25) is 10.0 Å². The number of benzene rings is 1. The first-order chi connectivity index (χ1) is 10.3. The molecule has 1 N–H and O–H groups in total. The Labute approximate surface area is 147 Å². The molecule has 1 atom stereocenters. The normalized spacial score (nSPS) is 13.5. The average molecular weight is 412 g/mol. The first-order valence-corrected chi connectivity index (χ1v) is 10.1. The molecule has 0 aliphatic heterocycles. The van der Waals surface area contributed by atoms with Crippen molar-refractivity contribution >= 4 is 37.6 Å². The molecule has 22 heavy (non-hydrogen) atoms. The van der Waals surface area contributed by atoms with Gasteiger partial charge < -0.3 is 4.90 Å². The van der Waals surface area contributed by atoms with E-state index < -0.39 is 10.0 Å². The van der Waals surface area contributed by atoms with Crippen LogP contribution in [0.1, 0.15) is 33.6 Å². The lowest BCUT2D eigenvalue weighted by molar-refractivity contribution is 0.293. The number of sulfonamides is 1. The van der Waals surface area contributed by atoms with Gasteiger partial charge in [0.05, 0.1) is 5.02 Å². The van der Waals surface area contributed by atoms with Crippen molar-refractivity contribution in [1.82, 2.24) is 9.62 Å². The summed E-state index contributed by atoms with van der Waals surface area (Å²) in [6.45, 7) is 9.16. The molecule has 1 rings (SSSR count). The number of rotatable bonds is 9. The fourth-order valence-corrected chi connectivity index (χ4v) is 4.56.